The Labute approximate surface area is 131 Å². The number of likely N-dealkylation sites (tertiary alicyclic amines) is 1. The van der Waals surface area contributed by atoms with Crippen LogP contribution in [0.5, 0.6) is 5.75 Å². The summed E-state index contributed by atoms with van der Waals surface area (Å²) in [6, 6.07) is 7.40. The van der Waals surface area contributed by atoms with E-state index in [1.807, 2.05) is 0 Å². The first-order chi connectivity index (χ1) is 10.6. The van der Waals surface area contributed by atoms with Gasteiger partial charge in [-0.3, -0.25) is 4.79 Å². The number of hydrogen-bond donors (Lipinski definition) is 2. The summed E-state index contributed by atoms with van der Waals surface area (Å²) in [6.45, 7) is 4.04. The summed E-state index contributed by atoms with van der Waals surface area (Å²) >= 11 is 0. The third-order valence-electron chi connectivity index (χ3n) is 5.01. The Morgan fingerprint density at radius 2 is 1.82 bits per heavy atom. The van der Waals surface area contributed by atoms with E-state index in [4.69, 9.17) is 16.2 Å². The second-order valence-corrected chi connectivity index (χ2v) is 6.53. The highest BCUT2D eigenvalue weighted by Gasteiger charge is 2.39. The molecule has 2 bridgehead atoms. The molecule has 5 nitrogen and oxygen atoms in total. The zero-order valence-electron chi connectivity index (χ0n) is 12.9. The lowest BCUT2D eigenvalue weighted by Gasteiger charge is -2.36. The molecule has 1 amide bonds. The maximum atomic E-state index is 11.0. The number of nitrogens with zero attached hydrogens (tertiary/aromatic N) is 1. The molecule has 1 aliphatic carbocycles. The number of hydrogen-bond acceptors (Lipinski definition) is 4. The molecular weight excluding hydrogens is 278 g/mol. The number of benzene rings is 1. The van der Waals surface area contributed by atoms with E-state index in [1.54, 1.807) is 24.3 Å². The largest absolute Gasteiger partial charge is 0.494 e. The van der Waals surface area contributed by atoms with Crippen LogP contribution in [0.2, 0.25) is 0 Å². The highest BCUT2D eigenvalue weighted by atomic mass is 16.5. The minimum absolute atomic E-state index is 0.413. The van der Waals surface area contributed by atoms with E-state index in [2.05, 4.69) is 4.90 Å². The van der Waals surface area contributed by atoms with Crippen LogP contribution in [0, 0.1) is 11.8 Å². The van der Waals surface area contributed by atoms with Crippen LogP contribution in [-0.4, -0.2) is 43.1 Å². The van der Waals surface area contributed by atoms with Crippen molar-refractivity contribution in [2.45, 2.75) is 25.3 Å². The van der Waals surface area contributed by atoms with Gasteiger partial charge in [-0.05, 0) is 55.4 Å². The van der Waals surface area contributed by atoms with Gasteiger partial charge in [-0.15, -0.1) is 0 Å². The zero-order valence-corrected chi connectivity index (χ0v) is 12.9. The number of carbonyl (C=O) groups excluding carboxylic acids is 1. The van der Waals surface area contributed by atoms with Crippen molar-refractivity contribution in [3.8, 4) is 5.75 Å². The Balaban J connectivity index is 1.38. The summed E-state index contributed by atoms with van der Waals surface area (Å²) in [7, 11) is 0. The lowest BCUT2D eigenvalue weighted by molar-refractivity contribution is 0.100. The van der Waals surface area contributed by atoms with E-state index in [-0.39, 0.29) is 0 Å². The van der Waals surface area contributed by atoms with Crippen molar-refractivity contribution in [2.75, 3.05) is 26.2 Å². The van der Waals surface area contributed by atoms with Crippen LogP contribution in [-0.2, 0) is 0 Å². The fourth-order valence-electron chi connectivity index (χ4n) is 3.74. The standard InChI is InChI=1S/C17H25N3O2/c18-16-13-2-3-14(16)11-20(10-13)8-1-9-22-15-6-4-12(5-7-15)17(19)21/h4-7,13-14,16H,1-3,8-11,18H2,(H2,19,21)/t13-,14+,16?. The van der Waals surface area contributed by atoms with Gasteiger partial charge in [0.25, 0.3) is 0 Å². The Kier molecular flexibility index (Phi) is 4.64. The maximum absolute atomic E-state index is 11.0. The van der Waals surface area contributed by atoms with E-state index in [0.717, 1.165) is 31.8 Å². The Morgan fingerprint density at radius 3 is 2.41 bits per heavy atom. The molecule has 1 aromatic carbocycles. The highest BCUT2D eigenvalue weighted by Crippen LogP contribution is 2.35. The fourth-order valence-corrected chi connectivity index (χ4v) is 3.74. The van der Waals surface area contributed by atoms with E-state index in [1.165, 1.54) is 12.8 Å². The molecule has 2 aliphatic rings. The molecule has 1 unspecified atom stereocenters. The normalized spacial score (nSPS) is 27.8. The first-order valence-electron chi connectivity index (χ1n) is 8.14. The molecule has 1 saturated carbocycles. The minimum atomic E-state index is -0.413. The quantitative estimate of drug-likeness (QED) is 0.774. The SMILES string of the molecule is NC(=O)c1ccc(OCCCN2C[C@H]3CC[C@@H](C2)C3N)cc1. The van der Waals surface area contributed by atoms with Crippen molar-refractivity contribution in [3.05, 3.63) is 29.8 Å². The number of fused-ring (bicyclic) bond motifs is 2. The molecule has 1 aromatic rings. The van der Waals surface area contributed by atoms with E-state index in [9.17, 15) is 4.79 Å². The van der Waals surface area contributed by atoms with Crippen LogP contribution >= 0.6 is 0 Å². The first kappa shape index (κ1) is 15.3. The summed E-state index contributed by atoms with van der Waals surface area (Å²) < 4.78 is 5.72. The van der Waals surface area contributed by atoms with Crippen LogP contribution in [0.4, 0.5) is 0 Å². The van der Waals surface area contributed by atoms with Gasteiger partial charge in [0.05, 0.1) is 6.61 Å². The summed E-state index contributed by atoms with van der Waals surface area (Å²) in [5.41, 5.74) is 11.9. The van der Waals surface area contributed by atoms with Crippen molar-refractivity contribution < 1.29 is 9.53 Å². The van der Waals surface area contributed by atoms with Crippen molar-refractivity contribution in [1.82, 2.24) is 4.90 Å². The topological polar surface area (TPSA) is 81.6 Å². The second kappa shape index (κ2) is 6.67. The average molecular weight is 303 g/mol. The summed E-state index contributed by atoms with van der Waals surface area (Å²) in [5, 5.41) is 0. The second-order valence-electron chi connectivity index (χ2n) is 6.53. The summed E-state index contributed by atoms with van der Waals surface area (Å²) in [4.78, 5) is 13.5. The van der Waals surface area contributed by atoms with Crippen molar-refractivity contribution in [1.29, 1.82) is 0 Å². The molecule has 0 aromatic heterocycles. The lowest BCUT2D eigenvalue weighted by Crippen LogP contribution is -2.49. The van der Waals surface area contributed by atoms with Gasteiger partial charge >= 0.3 is 0 Å². The van der Waals surface area contributed by atoms with Crippen molar-refractivity contribution >= 4 is 5.91 Å². The van der Waals surface area contributed by atoms with Crippen molar-refractivity contribution in [2.24, 2.45) is 23.3 Å². The Morgan fingerprint density at radius 1 is 1.18 bits per heavy atom. The molecule has 2 fully saturated rings. The fraction of sp³-hybridized carbons (Fsp3) is 0.588. The Bertz CT molecular complexity index is 503. The lowest BCUT2D eigenvalue weighted by atomic mass is 9.93. The molecule has 22 heavy (non-hydrogen) atoms. The molecule has 120 valence electrons. The third-order valence-corrected chi connectivity index (χ3v) is 5.01. The monoisotopic (exact) mass is 303 g/mol. The van der Waals surface area contributed by atoms with Gasteiger partial charge < -0.3 is 21.1 Å². The molecule has 5 heteroatoms. The molecular formula is C17H25N3O2. The van der Waals surface area contributed by atoms with Crippen LogP contribution in [0.25, 0.3) is 0 Å². The van der Waals surface area contributed by atoms with Crippen LogP contribution in [0.3, 0.4) is 0 Å². The van der Waals surface area contributed by atoms with E-state index >= 15 is 0 Å². The summed E-state index contributed by atoms with van der Waals surface area (Å²) in [6.07, 6.45) is 3.60. The number of primary amides is 1. The van der Waals surface area contributed by atoms with E-state index in [0.29, 0.717) is 30.0 Å². The molecule has 0 radical (unpaired) electrons. The van der Waals surface area contributed by atoms with Gasteiger partial charge in [0, 0.05) is 31.2 Å². The molecule has 3 atom stereocenters. The predicted octanol–water partition coefficient (Wildman–Crippen LogP) is 1.22. The third kappa shape index (κ3) is 3.42. The van der Waals surface area contributed by atoms with Gasteiger partial charge in [0.1, 0.15) is 5.75 Å². The molecule has 0 spiro atoms. The smallest absolute Gasteiger partial charge is 0.248 e. The zero-order chi connectivity index (χ0) is 15.5. The van der Waals surface area contributed by atoms with Gasteiger partial charge in [-0.25, -0.2) is 0 Å². The average Bonchev–Trinajstić information content (AvgIpc) is 2.74. The van der Waals surface area contributed by atoms with E-state index < -0.39 is 5.91 Å². The van der Waals surface area contributed by atoms with Crippen LogP contribution in [0.1, 0.15) is 29.6 Å². The minimum Gasteiger partial charge on any atom is -0.494 e. The number of amides is 1. The number of ether oxygens (including phenoxy) is 1. The van der Waals surface area contributed by atoms with Crippen LogP contribution < -0.4 is 16.2 Å². The molecule has 4 N–H and O–H groups in total. The predicted molar refractivity (Wildman–Crippen MR) is 85.7 cm³/mol. The van der Waals surface area contributed by atoms with Gasteiger partial charge in [-0.1, -0.05) is 0 Å². The molecule has 3 rings (SSSR count). The van der Waals surface area contributed by atoms with Gasteiger partial charge in [0.15, 0.2) is 0 Å². The number of carbonyl (C=O) groups is 1. The highest BCUT2D eigenvalue weighted by molar-refractivity contribution is 5.92. The Hall–Kier alpha value is -1.59. The number of rotatable bonds is 6. The number of nitrogens with two attached hydrogens (primary N) is 2. The molecule has 1 heterocycles. The number of piperidine rings is 1. The van der Waals surface area contributed by atoms with Crippen LogP contribution in [0.15, 0.2) is 24.3 Å². The van der Waals surface area contributed by atoms with Gasteiger partial charge in [-0.2, -0.15) is 0 Å². The molecule has 1 aliphatic heterocycles. The maximum Gasteiger partial charge on any atom is 0.248 e. The summed E-state index contributed by atoms with van der Waals surface area (Å²) in [5.74, 6) is 1.76. The van der Waals surface area contributed by atoms with Gasteiger partial charge in [0.2, 0.25) is 5.91 Å². The first-order valence-corrected chi connectivity index (χ1v) is 8.14. The molecule has 1 saturated heterocycles. The van der Waals surface area contributed by atoms with Crippen molar-refractivity contribution in [3.63, 3.8) is 0 Å².